The summed E-state index contributed by atoms with van der Waals surface area (Å²) in [6.07, 6.45) is 0. The molecule has 0 fully saturated rings. The molecular formula is C17H15ClN2O4S. The fourth-order valence-corrected chi connectivity index (χ4v) is 2.99. The van der Waals surface area contributed by atoms with Gasteiger partial charge in [-0.2, -0.15) is 0 Å². The van der Waals surface area contributed by atoms with Gasteiger partial charge < -0.3 is 19.3 Å². The second-order valence-electron chi connectivity index (χ2n) is 4.97. The average Bonchev–Trinajstić information content (AvgIpc) is 3.28. The fraction of sp³-hybridized carbons (Fsp3) is 0.176. The van der Waals surface area contributed by atoms with Crippen molar-refractivity contribution >= 4 is 34.5 Å². The smallest absolute Gasteiger partial charge is 0.277 e. The maximum Gasteiger partial charge on any atom is 0.277 e. The molecule has 0 saturated carbocycles. The highest BCUT2D eigenvalue weighted by molar-refractivity contribution is 7.13. The van der Waals surface area contributed by atoms with Gasteiger partial charge in [-0.3, -0.25) is 4.79 Å². The fourth-order valence-electron chi connectivity index (χ4n) is 2.08. The standard InChI is InChI=1S/C17H15ClN2O4S/c1-22-7-8-23-16-11(18)4-2-5-12(16)19-17(21)13-10-14(24-20-13)15-6-3-9-25-15/h2-6,9-10H,7-8H2,1H3,(H,19,21). The summed E-state index contributed by atoms with van der Waals surface area (Å²) >= 11 is 7.67. The molecule has 3 aromatic rings. The summed E-state index contributed by atoms with van der Waals surface area (Å²) in [4.78, 5) is 13.3. The molecule has 2 heterocycles. The first kappa shape index (κ1) is 17.5. The number of nitrogens with one attached hydrogen (secondary N) is 1. The zero-order valence-corrected chi connectivity index (χ0v) is 14.9. The van der Waals surface area contributed by atoms with Crippen molar-refractivity contribution in [3.8, 4) is 16.4 Å². The molecule has 0 unspecified atom stereocenters. The topological polar surface area (TPSA) is 73.6 Å². The van der Waals surface area contributed by atoms with Crippen molar-refractivity contribution in [3.63, 3.8) is 0 Å². The van der Waals surface area contributed by atoms with Gasteiger partial charge in [-0.15, -0.1) is 11.3 Å². The lowest BCUT2D eigenvalue weighted by Gasteiger charge is -2.13. The molecule has 0 atom stereocenters. The van der Waals surface area contributed by atoms with Crippen LogP contribution in [-0.4, -0.2) is 31.4 Å². The molecule has 3 rings (SSSR count). The number of benzene rings is 1. The quantitative estimate of drug-likeness (QED) is 0.619. The SMILES string of the molecule is COCCOc1c(Cl)cccc1NC(=O)c1cc(-c2cccs2)on1. The van der Waals surface area contributed by atoms with E-state index in [2.05, 4.69) is 10.5 Å². The number of ether oxygens (including phenoxy) is 2. The third-order valence-corrected chi connectivity index (χ3v) is 4.44. The van der Waals surface area contributed by atoms with Crippen molar-refractivity contribution in [1.82, 2.24) is 5.16 Å². The second-order valence-corrected chi connectivity index (χ2v) is 6.32. The van der Waals surface area contributed by atoms with Crippen molar-refractivity contribution in [3.05, 3.63) is 52.5 Å². The van der Waals surface area contributed by atoms with Gasteiger partial charge in [-0.1, -0.05) is 28.9 Å². The predicted octanol–water partition coefficient (Wildman–Crippen LogP) is 4.33. The number of para-hydroxylation sites is 1. The molecule has 1 N–H and O–H groups in total. The maximum atomic E-state index is 12.4. The Morgan fingerprint density at radius 3 is 2.96 bits per heavy atom. The number of methoxy groups -OCH3 is 1. The number of aromatic nitrogens is 1. The highest BCUT2D eigenvalue weighted by Crippen LogP contribution is 2.33. The Kier molecular flexibility index (Phi) is 5.70. The third kappa shape index (κ3) is 4.19. The summed E-state index contributed by atoms with van der Waals surface area (Å²) in [5, 5.41) is 8.89. The molecule has 0 saturated heterocycles. The molecule has 1 aromatic carbocycles. The highest BCUT2D eigenvalue weighted by atomic mass is 35.5. The summed E-state index contributed by atoms with van der Waals surface area (Å²) in [5.74, 6) is 0.518. The van der Waals surface area contributed by atoms with Gasteiger partial charge >= 0.3 is 0 Å². The number of anilines is 1. The van der Waals surface area contributed by atoms with Crippen molar-refractivity contribution in [2.75, 3.05) is 25.6 Å². The summed E-state index contributed by atoms with van der Waals surface area (Å²) in [6, 6.07) is 10.5. The maximum absolute atomic E-state index is 12.4. The molecule has 0 radical (unpaired) electrons. The molecule has 2 aromatic heterocycles. The molecule has 0 spiro atoms. The number of thiophene rings is 1. The molecule has 8 heteroatoms. The van der Waals surface area contributed by atoms with E-state index < -0.39 is 5.91 Å². The van der Waals surface area contributed by atoms with Crippen molar-refractivity contribution in [2.45, 2.75) is 0 Å². The van der Waals surface area contributed by atoms with E-state index in [1.54, 1.807) is 31.4 Å². The Labute approximate surface area is 153 Å². The van der Waals surface area contributed by atoms with Gasteiger partial charge in [-0.25, -0.2) is 0 Å². The van der Waals surface area contributed by atoms with Crippen molar-refractivity contribution < 1.29 is 18.8 Å². The minimum absolute atomic E-state index is 0.172. The number of nitrogens with zero attached hydrogens (tertiary/aromatic N) is 1. The number of hydrogen-bond donors (Lipinski definition) is 1. The van der Waals surface area contributed by atoms with Crippen LogP contribution in [0.4, 0.5) is 5.69 Å². The van der Waals surface area contributed by atoms with Crippen molar-refractivity contribution in [2.24, 2.45) is 0 Å². The van der Waals surface area contributed by atoms with E-state index in [1.165, 1.54) is 11.3 Å². The lowest BCUT2D eigenvalue weighted by Crippen LogP contribution is -2.14. The minimum atomic E-state index is -0.412. The molecule has 0 aliphatic carbocycles. The number of hydrogen-bond acceptors (Lipinski definition) is 6. The van der Waals surface area contributed by atoms with E-state index in [-0.39, 0.29) is 5.69 Å². The van der Waals surface area contributed by atoms with Crippen LogP contribution in [-0.2, 0) is 4.74 Å². The van der Waals surface area contributed by atoms with Crippen LogP contribution in [0.1, 0.15) is 10.5 Å². The van der Waals surface area contributed by atoms with Crippen LogP contribution in [0.25, 0.3) is 10.6 Å². The Balaban J connectivity index is 1.76. The number of carbonyl (C=O) groups excluding carboxylic acids is 1. The zero-order valence-electron chi connectivity index (χ0n) is 13.3. The van der Waals surface area contributed by atoms with Gasteiger partial charge in [0.25, 0.3) is 5.91 Å². The van der Waals surface area contributed by atoms with Crippen LogP contribution >= 0.6 is 22.9 Å². The first-order valence-electron chi connectivity index (χ1n) is 7.41. The molecule has 25 heavy (non-hydrogen) atoms. The first-order valence-corrected chi connectivity index (χ1v) is 8.67. The van der Waals surface area contributed by atoms with Crippen LogP contribution in [0.2, 0.25) is 5.02 Å². The van der Waals surface area contributed by atoms with Gasteiger partial charge in [0.2, 0.25) is 0 Å². The van der Waals surface area contributed by atoms with Crippen LogP contribution in [0.3, 0.4) is 0 Å². The normalized spacial score (nSPS) is 10.6. The average molecular weight is 379 g/mol. The van der Waals surface area contributed by atoms with Gasteiger partial charge in [0, 0.05) is 13.2 Å². The Hall–Kier alpha value is -2.35. The van der Waals surface area contributed by atoms with Crippen LogP contribution < -0.4 is 10.1 Å². The molecule has 0 aliphatic heterocycles. The monoisotopic (exact) mass is 378 g/mol. The van der Waals surface area contributed by atoms with E-state index in [0.29, 0.717) is 35.4 Å². The highest BCUT2D eigenvalue weighted by Gasteiger charge is 2.17. The summed E-state index contributed by atoms with van der Waals surface area (Å²) in [5.41, 5.74) is 0.625. The summed E-state index contributed by atoms with van der Waals surface area (Å²) in [6.45, 7) is 0.724. The van der Waals surface area contributed by atoms with Gasteiger partial charge in [-0.05, 0) is 23.6 Å². The number of amides is 1. The Bertz CT molecular complexity index is 848. The summed E-state index contributed by atoms with van der Waals surface area (Å²) in [7, 11) is 1.58. The van der Waals surface area contributed by atoms with Crippen LogP contribution in [0, 0.1) is 0 Å². The zero-order chi connectivity index (χ0) is 17.6. The number of rotatable bonds is 7. The second kappa shape index (κ2) is 8.15. The van der Waals surface area contributed by atoms with E-state index in [9.17, 15) is 4.79 Å². The number of halogens is 1. The van der Waals surface area contributed by atoms with E-state index in [4.69, 9.17) is 25.6 Å². The van der Waals surface area contributed by atoms with Crippen LogP contribution in [0.5, 0.6) is 5.75 Å². The molecular weight excluding hydrogens is 364 g/mol. The third-order valence-electron chi connectivity index (χ3n) is 3.26. The Morgan fingerprint density at radius 1 is 1.32 bits per heavy atom. The van der Waals surface area contributed by atoms with E-state index in [0.717, 1.165) is 4.88 Å². The van der Waals surface area contributed by atoms with Gasteiger partial charge in [0.15, 0.2) is 17.2 Å². The molecule has 6 nitrogen and oxygen atoms in total. The van der Waals surface area contributed by atoms with Crippen LogP contribution in [0.15, 0.2) is 46.3 Å². The molecule has 130 valence electrons. The predicted molar refractivity (Wildman–Crippen MR) is 96.6 cm³/mol. The molecule has 0 bridgehead atoms. The van der Waals surface area contributed by atoms with E-state index in [1.807, 2.05) is 17.5 Å². The van der Waals surface area contributed by atoms with Gasteiger partial charge in [0.05, 0.1) is 22.2 Å². The molecule has 0 aliphatic rings. The largest absolute Gasteiger partial charge is 0.487 e. The van der Waals surface area contributed by atoms with Crippen molar-refractivity contribution in [1.29, 1.82) is 0 Å². The lowest BCUT2D eigenvalue weighted by atomic mass is 10.2. The molecule has 1 amide bonds. The lowest BCUT2D eigenvalue weighted by molar-refractivity contribution is 0.101. The first-order chi connectivity index (χ1) is 12.2. The summed E-state index contributed by atoms with van der Waals surface area (Å²) < 4.78 is 15.8. The van der Waals surface area contributed by atoms with E-state index >= 15 is 0 Å². The minimum Gasteiger partial charge on any atom is -0.487 e. The Morgan fingerprint density at radius 2 is 2.20 bits per heavy atom. The van der Waals surface area contributed by atoms with Gasteiger partial charge in [0.1, 0.15) is 6.61 Å². The number of carbonyl (C=O) groups is 1.